The molecule has 0 bridgehead atoms. The van der Waals surface area contributed by atoms with Crippen molar-refractivity contribution in [2.24, 2.45) is 0 Å². The summed E-state index contributed by atoms with van der Waals surface area (Å²) in [4.78, 5) is 22.6. The smallest absolute Gasteiger partial charge is 0.451 e. The lowest BCUT2D eigenvalue weighted by Gasteiger charge is -2.37. The van der Waals surface area contributed by atoms with E-state index < -0.39 is 18.0 Å². The number of aromatic carboxylic acids is 1. The number of hydrogen-bond donors (Lipinski definition) is 1. The number of hydrogen-bond acceptors (Lipinski definition) is 6. The highest BCUT2D eigenvalue weighted by atomic mass is 19.4. The van der Waals surface area contributed by atoms with E-state index >= 15 is 0 Å². The first kappa shape index (κ1) is 20.7. The molecule has 1 aliphatic heterocycles. The second kappa shape index (κ2) is 7.93. The van der Waals surface area contributed by atoms with Gasteiger partial charge in [0, 0.05) is 31.6 Å². The largest absolute Gasteiger partial charge is 0.495 e. The number of para-hydroxylation sites is 2. The number of methoxy groups -OCH3 is 1. The zero-order chi connectivity index (χ0) is 22.2. The number of aromatic nitrogens is 2. The summed E-state index contributed by atoms with van der Waals surface area (Å²) in [7, 11) is 1.58. The van der Waals surface area contributed by atoms with E-state index in [-0.39, 0.29) is 22.3 Å². The molecule has 0 spiro atoms. The molecule has 3 aromatic rings. The molecule has 162 valence electrons. The number of nitrogens with zero attached hydrogens (tertiary/aromatic N) is 4. The zero-order valence-corrected chi connectivity index (χ0v) is 16.6. The normalized spacial score (nSPS) is 14.7. The Kier molecular flexibility index (Phi) is 5.30. The van der Waals surface area contributed by atoms with Gasteiger partial charge in [0.25, 0.3) is 0 Å². The van der Waals surface area contributed by atoms with Crippen LogP contribution in [0.5, 0.6) is 5.75 Å². The number of ether oxygens (including phenoxy) is 1. The molecule has 0 saturated carbocycles. The Morgan fingerprint density at radius 3 is 2.35 bits per heavy atom. The van der Waals surface area contributed by atoms with Crippen molar-refractivity contribution in [3.05, 3.63) is 53.9 Å². The predicted octanol–water partition coefficient (Wildman–Crippen LogP) is 3.68. The fraction of sp³-hybridized carbons (Fsp3) is 0.286. The van der Waals surface area contributed by atoms with Crippen LogP contribution >= 0.6 is 0 Å². The molecule has 1 aromatic heterocycles. The third kappa shape index (κ3) is 4.05. The van der Waals surface area contributed by atoms with Crippen molar-refractivity contribution in [1.82, 2.24) is 9.97 Å². The molecule has 0 atom stereocenters. The van der Waals surface area contributed by atoms with E-state index in [4.69, 9.17) is 4.74 Å². The minimum absolute atomic E-state index is 0.0373. The number of piperazine rings is 1. The van der Waals surface area contributed by atoms with Crippen molar-refractivity contribution < 1.29 is 27.8 Å². The van der Waals surface area contributed by atoms with Crippen molar-refractivity contribution >= 4 is 28.4 Å². The van der Waals surface area contributed by atoms with Crippen molar-refractivity contribution in [3.63, 3.8) is 0 Å². The number of alkyl halides is 3. The summed E-state index contributed by atoms with van der Waals surface area (Å²) >= 11 is 0. The van der Waals surface area contributed by atoms with Gasteiger partial charge in [0.2, 0.25) is 5.82 Å². The van der Waals surface area contributed by atoms with Crippen LogP contribution in [0.1, 0.15) is 16.2 Å². The monoisotopic (exact) mass is 432 g/mol. The minimum Gasteiger partial charge on any atom is -0.495 e. The SMILES string of the molecule is COc1ccccc1N1CCN(c2nc(C(F)(F)F)nc3ccc(C(=O)O)cc23)CC1. The average molecular weight is 432 g/mol. The van der Waals surface area contributed by atoms with Crippen LogP contribution < -0.4 is 14.5 Å². The molecular formula is C21H19F3N4O3. The molecule has 2 aromatic carbocycles. The van der Waals surface area contributed by atoms with Gasteiger partial charge in [-0.1, -0.05) is 12.1 Å². The molecule has 1 saturated heterocycles. The lowest BCUT2D eigenvalue weighted by molar-refractivity contribution is -0.144. The van der Waals surface area contributed by atoms with Crippen LogP contribution in [0.3, 0.4) is 0 Å². The second-order valence-corrected chi connectivity index (χ2v) is 7.05. The average Bonchev–Trinajstić information content (AvgIpc) is 2.77. The maximum absolute atomic E-state index is 13.4. The number of rotatable bonds is 4. The van der Waals surface area contributed by atoms with E-state index in [1.807, 2.05) is 24.3 Å². The van der Waals surface area contributed by atoms with E-state index in [2.05, 4.69) is 14.9 Å². The van der Waals surface area contributed by atoms with Crippen LogP contribution in [0.25, 0.3) is 10.9 Å². The highest BCUT2D eigenvalue weighted by Gasteiger charge is 2.36. The Labute approximate surface area is 175 Å². The number of fused-ring (bicyclic) bond motifs is 1. The third-order valence-electron chi connectivity index (χ3n) is 5.18. The number of carbonyl (C=O) groups is 1. The highest BCUT2D eigenvalue weighted by molar-refractivity contribution is 5.97. The van der Waals surface area contributed by atoms with Crippen LogP contribution in [0.2, 0.25) is 0 Å². The van der Waals surface area contributed by atoms with Gasteiger partial charge in [0.1, 0.15) is 11.6 Å². The van der Waals surface area contributed by atoms with Crippen LogP contribution in [0.15, 0.2) is 42.5 Å². The Bertz CT molecular complexity index is 1130. The summed E-state index contributed by atoms with van der Waals surface area (Å²) < 4.78 is 45.5. The molecule has 2 heterocycles. The van der Waals surface area contributed by atoms with Gasteiger partial charge >= 0.3 is 12.1 Å². The summed E-state index contributed by atoms with van der Waals surface area (Å²) in [6.07, 6.45) is -4.71. The van der Waals surface area contributed by atoms with Gasteiger partial charge in [-0.2, -0.15) is 13.2 Å². The Morgan fingerprint density at radius 2 is 1.71 bits per heavy atom. The molecule has 10 heteroatoms. The molecule has 0 amide bonds. The Hall–Kier alpha value is -3.56. The summed E-state index contributed by atoms with van der Waals surface area (Å²) in [6.45, 7) is 1.87. The quantitative estimate of drug-likeness (QED) is 0.674. The lowest BCUT2D eigenvalue weighted by Crippen LogP contribution is -2.47. The number of carboxylic acid groups (broad SMARTS) is 1. The standard InChI is InChI=1S/C21H19F3N4O3/c1-31-17-5-3-2-4-16(17)27-8-10-28(11-9-27)18-14-12-13(19(29)30)6-7-15(14)25-20(26-18)21(22,23)24/h2-7,12H,8-11H2,1H3,(H,29,30). The van der Waals surface area contributed by atoms with Crippen LogP contribution in [-0.2, 0) is 6.18 Å². The molecular weight excluding hydrogens is 413 g/mol. The van der Waals surface area contributed by atoms with E-state index in [1.54, 1.807) is 12.0 Å². The Morgan fingerprint density at radius 1 is 1.03 bits per heavy atom. The topological polar surface area (TPSA) is 78.8 Å². The molecule has 1 aliphatic rings. The van der Waals surface area contributed by atoms with Gasteiger partial charge in [-0.3, -0.25) is 0 Å². The van der Waals surface area contributed by atoms with Crippen LogP contribution in [-0.4, -0.2) is 54.3 Å². The maximum atomic E-state index is 13.4. The fourth-order valence-corrected chi connectivity index (χ4v) is 3.66. The number of carboxylic acids is 1. The molecule has 4 rings (SSSR count). The minimum atomic E-state index is -4.71. The Balaban J connectivity index is 1.70. The highest BCUT2D eigenvalue weighted by Crippen LogP contribution is 2.34. The van der Waals surface area contributed by atoms with Crippen molar-refractivity contribution in [1.29, 1.82) is 0 Å². The number of halogens is 3. The zero-order valence-electron chi connectivity index (χ0n) is 16.6. The van der Waals surface area contributed by atoms with Gasteiger partial charge in [-0.05, 0) is 30.3 Å². The molecule has 31 heavy (non-hydrogen) atoms. The first-order valence-corrected chi connectivity index (χ1v) is 9.53. The van der Waals surface area contributed by atoms with Gasteiger partial charge in [0.05, 0.1) is 23.9 Å². The maximum Gasteiger partial charge on any atom is 0.451 e. The molecule has 1 fully saturated rings. The molecule has 0 radical (unpaired) electrons. The van der Waals surface area contributed by atoms with Crippen LogP contribution in [0, 0.1) is 0 Å². The molecule has 1 N–H and O–H groups in total. The lowest BCUT2D eigenvalue weighted by atomic mass is 10.1. The first-order chi connectivity index (χ1) is 14.8. The van der Waals surface area contributed by atoms with E-state index in [9.17, 15) is 23.1 Å². The second-order valence-electron chi connectivity index (χ2n) is 7.05. The van der Waals surface area contributed by atoms with E-state index in [0.717, 1.165) is 5.69 Å². The molecule has 0 unspecified atom stereocenters. The van der Waals surface area contributed by atoms with Crippen molar-refractivity contribution in [3.8, 4) is 5.75 Å². The molecule has 7 nitrogen and oxygen atoms in total. The van der Waals surface area contributed by atoms with Crippen LogP contribution in [0.4, 0.5) is 24.7 Å². The predicted molar refractivity (Wildman–Crippen MR) is 109 cm³/mol. The van der Waals surface area contributed by atoms with Crippen molar-refractivity contribution in [2.45, 2.75) is 6.18 Å². The number of anilines is 2. The number of benzene rings is 2. The van der Waals surface area contributed by atoms with E-state index in [0.29, 0.717) is 31.9 Å². The first-order valence-electron chi connectivity index (χ1n) is 9.53. The van der Waals surface area contributed by atoms with Gasteiger partial charge < -0.3 is 19.6 Å². The van der Waals surface area contributed by atoms with Gasteiger partial charge in [-0.25, -0.2) is 14.8 Å². The van der Waals surface area contributed by atoms with E-state index in [1.165, 1.54) is 18.2 Å². The summed E-state index contributed by atoms with van der Waals surface area (Å²) in [5.74, 6) is -1.62. The fourth-order valence-electron chi connectivity index (χ4n) is 3.66. The summed E-state index contributed by atoms with van der Waals surface area (Å²) in [5, 5.41) is 9.56. The summed E-state index contributed by atoms with van der Waals surface area (Å²) in [6, 6.07) is 11.4. The van der Waals surface area contributed by atoms with Gasteiger partial charge in [-0.15, -0.1) is 0 Å². The molecule has 0 aliphatic carbocycles. The summed E-state index contributed by atoms with van der Waals surface area (Å²) in [5.41, 5.74) is 0.917. The van der Waals surface area contributed by atoms with Gasteiger partial charge in [0.15, 0.2) is 0 Å². The van der Waals surface area contributed by atoms with Crippen molar-refractivity contribution in [2.75, 3.05) is 43.1 Å². The third-order valence-corrected chi connectivity index (χ3v) is 5.18.